The van der Waals surface area contributed by atoms with Crippen molar-refractivity contribution in [3.8, 4) is 11.4 Å². The van der Waals surface area contributed by atoms with Gasteiger partial charge in [0.05, 0.1) is 28.2 Å². The molecule has 2 heterocycles. The fourth-order valence-corrected chi connectivity index (χ4v) is 4.02. The number of thioether (sulfide) groups is 1. The molecule has 0 aliphatic rings. The van der Waals surface area contributed by atoms with Crippen LogP contribution in [0.15, 0.2) is 47.6 Å². The third-order valence-electron chi connectivity index (χ3n) is 3.84. The Morgan fingerprint density at radius 3 is 2.89 bits per heavy atom. The minimum Gasteiger partial charge on any atom is -0.323 e. The maximum atomic E-state index is 12.3. The molecule has 0 bridgehead atoms. The number of rotatable bonds is 5. The molecule has 0 saturated carbocycles. The zero-order valence-electron chi connectivity index (χ0n) is 14.1. The van der Waals surface area contributed by atoms with Gasteiger partial charge in [0, 0.05) is 12.6 Å². The second kappa shape index (κ2) is 7.63. The highest BCUT2D eigenvalue weighted by Crippen LogP contribution is 2.28. The van der Waals surface area contributed by atoms with E-state index in [2.05, 4.69) is 24.3 Å². The van der Waals surface area contributed by atoms with Gasteiger partial charge in [0.1, 0.15) is 11.0 Å². The topological polar surface area (TPSA) is 85.6 Å². The third kappa shape index (κ3) is 3.66. The van der Waals surface area contributed by atoms with Gasteiger partial charge in [-0.3, -0.25) is 4.79 Å². The Balaban J connectivity index is 1.45. The monoisotopic (exact) mass is 416 g/mol. The number of anilines is 1. The Labute approximate surface area is 168 Å². The molecule has 4 rings (SSSR count). The number of nitrogens with one attached hydrogen (secondary N) is 1. The summed E-state index contributed by atoms with van der Waals surface area (Å²) in [7, 11) is 1.85. The molecule has 0 aliphatic carbocycles. The van der Waals surface area contributed by atoms with Crippen molar-refractivity contribution in [2.45, 2.75) is 5.16 Å². The number of amides is 1. The lowest BCUT2D eigenvalue weighted by atomic mass is 10.2. The highest BCUT2D eigenvalue weighted by molar-refractivity contribution is 7.99. The maximum absolute atomic E-state index is 12.3. The number of benzene rings is 2. The van der Waals surface area contributed by atoms with E-state index in [0.717, 1.165) is 22.8 Å². The van der Waals surface area contributed by atoms with Gasteiger partial charge < -0.3 is 9.88 Å². The number of carbonyl (C=O) groups excluding carboxylic acids is 1. The van der Waals surface area contributed by atoms with Crippen LogP contribution in [0.4, 0.5) is 5.69 Å². The van der Waals surface area contributed by atoms with Crippen LogP contribution in [0.5, 0.6) is 0 Å². The first kappa shape index (κ1) is 17.9. The Hall–Kier alpha value is -2.49. The molecule has 0 radical (unpaired) electrons. The van der Waals surface area contributed by atoms with Crippen molar-refractivity contribution in [2.24, 2.45) is 7.05 Å². The van der Waals surface area contributed by atoms with E-state index in [0.29, 0.717) is 27.2 Å². The second-order valence-corrected chi connectivity index (χ2v) is 7.50. The van der Waals surface area contributed by atoms with E-state index in [1.54, 1.807) is 6.07 Å². The predicted molar refractivity (Wildman–Crippen MR) is 108 cm³/mol. The number of fused-ring (bicyclic) bond motifs is 1. The summed E-state index contributed by atoms with van der Waals surface area (Å²) in [6.07, 6.45) is 0. The smallest absolute Gasteiger partial charge is 0.234 e. The second-order valence-electron chi connectivity index (χ2n) is 5.62. The summed E-state index contributed by atoms with van der Waals surface area (Å²) in [6.45, 7) is 0. The molecular weight excluding hydrogens is 404 g/mol. The molecule has 2 aromatic heterocycles. The molecule has 2 aromatic carbocycles. The Morgan fingerprint density at radius 2 is 2.04 bits per heavy atom. The minimum absolute atomic E-state index is 0.150. The van der Waals surface area contributed by atoms with Gasteiger partial charge in [0.2, 0.25) is 5.91 Å². The molecule has 27 heavy (non-hydrogen) atoms. The van der Waals surface area contributed by atoms with Crippen molar-refractivity contribution in [1.29, 1.82) is 0 Å². The molecule has 7 nitrogen and oxygen atoms in total. The van der Waals surface area contributed by atoms with Crippen molar-refractivity contribution in [3.05, 3.63) is 47.5 Å². The fourth-order valence-electron chi connectivity index (χ4n) is 2.54. The molecule has 0 unspecified atom stereocenters. The summed E-state index contributed by atoms with van der Waals surface area (Å²) in [5, 5.41) is 12.5. The van der Waals surface area contributed by atoms with E-state index in [1.165, 1.54) is 11.8 Å². The van der Waals surface area contributed by atoms with Crippen LogP contribution in [-0.4, -0.2) is 35.2 Å². The zero-order chi connectivity index (χ0) is 18.8. The van der Waals surface area contributed by atoms with E-state index in [-0.39, 0.29) is 11.7 Å². The summed E-state index contributed by atoms with van der Waals surface area (Å²) in [4.78, 5) is 12.3. The van der Waals surface area contributed by atoms with Gasteiger partial charge in [-0.2, -0.15) is 8.75 Å². The molecule has 0 spiro atoms. The van der Waals surface area contributed by atoms with Crippen LogP contribution < -0.4 is 5.32 Å². The largest absolute Gasteiger partial charge is 0.323 e. The summed E-state index contributed by atoms with van der Waals surface area (Å²) >= 11 is 8.66. The van der Waals surface area contributed by atoms with Gasteiger partial charge in [-0.1, -0.05) is 41.6 Å². The molecule has 4 aromatic rings. The van der Waals surface area contributed by atoms with E-state index < -0.39 is 0 Å². The fraction of sp³-hybridized carbons (Fsp3) is 0.118. The average Bonchev–Trinajstić information content (AvgIpc) is 3.28. The number of hydrogen-bond donors (Lipinski definition) is 1. The number of hydrogen-bond acceptors (Lipinski definition) is 7. The van der Waals surface area contributed by atoms with E-state index in [9.17, 15) is 4.79 Å². The normalized spacial score (nSPS) is 11.0. The molecule has 0 saturated heterocycles. The average molecular weight is 417 g/mol. The lowest BCUT2D eigenvalue weighted by Crippen LogP contribution is -2.14. The third-order valence-corrected chi connectivity index (χ3v) is 5.73. The van der Waals surface area contributed by atoms with Crippen LogP contribution in [-0.2, 0) is 11.8 Å². The highest BCUT2D eigenvalue weighted by Gasteiger charge is 2.15. The quantitative estimate of drug-likeness (QED) is 0.497. The SMILES string of the molecule is Cn1c(SCC(=O)Nc2cccc3nsnc23)nnc1-c1ccccc1Cl. The van der Waals surface area contributed by atoms with E-state index in [4.69, 9.17) is 11.6 Å². The number of aromatic nitrogens is 5. The molecule has 0 atom stereocenters. The van der Waals surface area contributed by atoms with Crippen LogP contribution in [0.25, 0.3) is 22.4 Å². The van der Waals surface area contributed by atoms with E-state index >= 15 is 0 Å². The Bertz CT molecular complexity index is 1130. The summed E-state index contributed by atoms with van der Waals surface area (Å²) in [5.74, 6) is 0.701. The number of halogens is 1. The van der Waals surface area contributed by atoms with Gasteiger partial charge >= 0.3 is 0 Å². The van der Waals surface area contributed by atoms with Crippen molar-refractivity contribution < 1.29 is 4.79 Å². The summed E-state index contributed by atoms with van der Waals surface area (Å²) in [5.41, 5.74) is 2.92. The van der Waals surface area contributed by atoms with E-state index in [1.807, 2.05) is 48.0 Å². The van der Waals surface area contributed by atoms with Crippen molar-refractivity contribution in [3.63, 3.8) is 0 Å². The van der Waals surface area contributed by atoms with Gasteiger partial charge in [0.15, 0.2) is 11.0 Å². The first-order valence-corrected chi connectivity index (χ1v) is 10.0. The molecular formula is C17H13ClN6OS2. The van der Waals surface area contributed by atoms with Crippen LogP contribution >= 0.6 is 35.1 Å². The van der Waals surface area contributed by atoms with Gasteiger partial charge in [-0.05, 0) is 24.3 Å². The van der Waals surface area contributed by atoms with Crippen LogP contribution in [0.1, 0.15) is 0 Å². The van der Waals surface area contributed by atoms with Gasteiger partial charge in [0.25, 0.3) is 0 Å². The van der Waals surface area contributed by atoms with Crippen molar-refractivity contribution in [1.82, 2.24) is 23.5 Å². The first-order chi connectivity index (χ1) is 13.1. The van der Waals surface area contributed by atoms with Crippen molar-refractivity contribution in [2.75, 3.05) is 11.1 Å². The number of carbonyl (C=O) groups is 1. The van der Waals surface area contributed by atoms with Crippen LogP contribution in [0.3, 0.4) is 0 Å². The Morgan fingerprint density at radius 1 is 1.19 bits per heavy atom. The molecule has 10 heteroatoms. The molecule has 136 valence electrons. The predicted octanol–water partition coefficient (Wildman–Crippen LogP) is 3.87. The zero-order valence-corrected chi connectivity index (χ0v) is 16.5. The highest BCUT2D eigenvalue weighted by atomic mass is 35.5. The lowest BCUT2D eigenvalue weighted by Gasteiger charge is -2.06. The van der Waals surface area contributed by atoms with Gasteiger partial charge in [-0.15, -0.1) is 10.2 Å². The van der Waals surface area contributed by atoms with Crippen LogP contribution in [0.2, 0.25) is 5.02 Å². The molecule has 0 aliphatic heterocycles. The van der Waals surface area contributed by atoms with Crippen molar-refractivity contribution >= 4 is 57.7 Å². The molecule has 1 N–H and O–H groups in total. The number of nitrogens with zero attached hydrogens (tertiary/aromatic N) is 5. The minimum atomic E-state index is -0.150. The summed E-state index contributed by atoms with van der Waals surface area (Å²) in [6, 6.07) is 13.0. The summed E-state index contributed by atoms with van der Waals surface area (Å²) < 4.78 is 10.2. The Kier molecular flexibility index (Phi) is 5.06. The van der Waals surface area contributed by atoms with Gasteiger partial charge in [-0.25, -0.2) is 0 Å². The van der Waals surface area contributed by atoms with Crippen LogP contribution in [0, 0.1) is 0 Å². The molecule has 1 amide bonds. The standard InChI is InChI=1S/C17H13ClN6OS2/c1-24-16(10-5-2-3-6-11(10)18)20-21-17(24)26-9-14(25)19-12-7-4-8-13-15(12)23-27-22-13/h2-8H,9H2,1H3,(H,19,25). The lowest BCUT2D eigenvalue weighted by molar-refractivity contribution is -0.113. The molecule has 0 fully saturated rings. The maximum Gasteiger partial charge on any atom is 0.234 e. The first-order valence-electron chi connectivity index (χ1n) is 7.91.